The Labute approximate surface area is 155 Å². The van der Waals surface area contributed by atoms with E-state index in [9.17, 15) is 4.79 Å². The van der Waals surface area contributed by atoms with Crippen molar-refractivity contribution in [1.29, 1.82) is 0 Å². The summed E-state index contributed by atoms with van der Waals surface area (Å²) in [6.45, 7) is 2.74. The number of ether oxygens (including phenoxy) is 1. The van der Waals surface area contributed by atoms with E-state index in [2.05, 4.69) is 20.2 Å². The van der Waals surface area contributed by atoms with Crippen LogP contribution in [0.1, 0.15) is 10.4 Å². The second kappa shape index (κ2) is 7.63. The van der Waals surface area contributed by atoms with E-state index < -0.39 is 0 Å². The first-order chi connectivity index (χ1) is 12.8. The highest BCUT2D eigenvalue weighted by Gasteiger charge is 2.20. The van der Waals surface area contributed by atoms with Gasteiger partial charge >= 0.3 is 0 Å². The van der Waals surface area contributed by atoms with Gasteiger partial charge in [0.1, 0.15) is 5.82 Å². The van der Waals surface area contributed by atoms with Crippen molar-refractivity contribution in [2.75, 3.05) is 36.5 Å². The van der Waals surface area contributed by atoms with Crippen molar-refractivity contribution in [3.63, 3.8) is 0 Å². The van der Waals surface area contributed by atoms with Crippen molar-refractivity contribution < 1.29 is 9.53 Å². The fraction of sp³-hybridized carbons (Fsp3) is 0.211. The van der Waals surface area contributed by atoms with Gasteiger partial charge in [-0.25, -0.2) is 9.97 Å². The maximum absolute atomic E-state index is 12.8. The Morgan fingerprint density at radius 1 is 1.12 bits per heavy atom. The van der Waals surface area contributed by atoms with Gasteiger partial charge in [0.05, 0.1) is 24.5 Å². The van der Waals surface area contributed by atoms with Crippen molar-refractivity contribution in [2.24, 2.45) is 0 Å². The number of nitrogens with one attached hydrogen (secondary N) is 1. The highest BCUT2D eigenvalue weighted by molar-refractivity contribution is 7.14. The van der Waals surface area contributed by atoms with Crippen molar-refractivity contribution in [2.45, 2.75) is 0 Å². The molecule has 6 nitrogen and oxygen atoms in total. The largest absolute Gasteiger partial charge is 0.378 e. The number of carbonyl (C=O) groups is 1. The van der Waals surface area contributed by atoms with E-state index in [-0.39, 0.29) is 5.91 Å². The Hall–Kier alpha value is -2.77. The molecule has 1 aromatic carbocycles. The number of benzene rings is 1. The molecule has 1 aliphatic heterocycles. The average molecular weight is 366 g/mol. The molecule has 0 aliphatic carbocycles. The molecule has 4 rings (SSSR count). The predicted octanol–water partition coefficient (Wildman–Crippen LogP) is 3.29. The minimum Gasteiger partial charge on any atom is -0.378 e. The fourth-order valence-corrected chi connectivity index (χ4v) is 3.55. The van der Waals surface area contributed by atoms with Crippen LogP contribution in [0.2, 0.25) is 0 Å². The molecule has 132 valence electrons. The second-order valence-electron chi connectivity index (χ2n) is 5.83. The van der Waals surface area contributed by atoms with Crippen molar-refractivity contribution in [1.82, 2.24) is 9.97 Å². The number of nitrogens with zero attached hydrogens (tertiary/aromatic N) is 3. The molecular weight excluding hydrogens is 348 g/mol. The number of hydrogen-bond donors (Lipinski definition) is 1. The summed E-state index contributed by atoms with van der Waals surface area (Å²) < 4.78 is 5.38. The Morgan fingerprint density at radius 2 is 1.92 bits per heavy atom. The molecule has 7 heteroatoms. The zero-order valence-corrected chi connectivity index (χ0v) is 14.9. The van der Waals surface area contributed by atoms with Gasteiger partial charge in [0.25, 0.3) is 5.91 Å². The van der Waals surface area contributed by atoms with E-state index >= 15 is 0 Å². The van der Waals surface area contributed by atoms with Crippen LogP contribution in [-0.2, 0) is 4.74 Å². The van der Waals surface area contributed by atoms with Crippen LogP contribution < -0.4 is 10.2 Å². The first kappa shape index (κ1) is 16.7. The number of pyridine rings is 1. The second-order valence-corrected chi connectivity index (χ2v) is 6.69. The molecule has 26 heavy (non-hydrogen) atoms. The maximum atomic E-state index is 12.8. The molecule has 0 unspecified atom stereocenters. The minimum absolute atomic E-state index is 0.200. The molecule has 1 amide bonds. The van der Waals surface area contributed by atoms with E-state index in [0.29, 0.717) is 29.7 Å². The average Bonchev–Trinajstić information content (AvgIpc) is 3.18. The van der Waals surface area contributed by atoms with Crippen LogP contribution in [0.3, 0.4) is 0 Å². The molecule has 0 radical (unpaired) electrons. The fourth-order valence-electron chi connectivity index (χ4n) is 2.84. The van der Waals surface area contributed by atoms with Crippen molar-refractivity contribution >= 4 is 28.2 Å². The van der Waals surface area contributed by atoms with Gasteiger partial charge in [0.2, 0.25) is 0 Å². The van der Waals surface area contributed by atoms with Gasteiger partial charge < -0.3 is 9.64 Å². The lowest BCUT2D eigenvalue weighted by Crippen LogP contribution is -2.38. The standard InChI is InChI=1S/C19H18N4O2S/c24-18(15-7-4-8-20-17(15)23-9-11-25-12-10-23)22-19-21-16(13-26-19)14-5-2-1-3-6-14/h1-8,13H,9-12H2,(H,21,22,24). The summed E-state index contributed by atoms with van der Waals surface area (Å²) in [5, 5.41) is 5.41. The quantitative estimate of drug-likeness (QED) is 0.767. The molecule has 1 N–H and O–H groups in total. The number of hydrogen-bond acceptors (Lipinski definition) is 6. The van der Waals surface area contributed by atoms with Gasteiger partial charge in [-0.2, -0.15) is 0 Å². The lowest BCUT2D eigenvalue weighted by molar-refractivity contribution is 0.102. The third-order valence-electron chi connectivity index (χ3n) is 4.14. The number of morpholine rings is 1. The van der Waals surface area contributed by atoms with E-state index in [4.69, 9.17) is 4.74 Å². The van der Waals surface area contributed by atoms with E-state index in [1.807, 2.05) is 35.7 Å². The van der Waals surface area contributed by atoms with Crippen molar-refractivity contribution in [3.05, 3.63) is 59.6 Å². The van der Waals surface area contributed by atoms with Gasteiger partial charge in [0, 0.05) is 30.2 Å². The van der Waals surface area contributed by atoms with Crippen LogP contribution in [0.5, 0.6) is 0 Å². The predicted molar refractivity (Wildman–Crippen MR) is 103 cm³/mol. The molecule has 1 saturated heterocycles. The van der Waals surface area contributed by atoms with Crippen LogP contribution in [0.25, 0.3) is 11.3 Å². The van der Waals surface area contributed by atoms with E-state index in [1.54, 1.807) is 18.3 Å². The number of anilines is 2. The minimum atomic E-state index is -0.200. The summed E-state index contributed by atoms with van der Waals surface area (Å²) in [5.41, 5.74) is 2.43. The summed E-state index contributed by atoms with van der Waals surface area (Å²) in [7, 11) is 0. The molecular formula is C19H18N4O2S. The van der Waals surface area contributed by atoms with Crippen molar-refractivity contribution in [3.8, 4) is 11.3 Å². The highest BCUT2D eigenvalue weighted by atomic mass is 32.1. The highest BCUT2D eigenvalue weighted by Crippen LogP contribution is 2.26. The van der Waals surface area contributed by atoms with E-state index in [1.165, 1.54) is 11.3 Å². The maximum Gasteiger partial charge on any atom is 0.261 e. The molecule has 0 spiro atoms. The third-order valence-corrected chi connectivity index (χ3v) is 4.89. The van der Waals surface area contributed by atoms with Gasteiger partial charge in [-0.05, 0) is 12.1 Å². The molecule has 0 atom stereocenters. The van der Waals surface area contributed by atoms with Crippen LogP contribution in [0.4, 0.5) is 10.9 Å². The topological polar surface area (TPSA) is 67.4 Å². The number of rotatable bonds is 4. The zero-order chi connectivity index (χ0) is 17.8. The Kier molecular flexibility index (Phi) is 4.90. The Morgan fingerprint density at radius 3 is 2.73 bits per heavy atom. The van der Waals surface area contributed by atoms with Gasteiger partial charge in [0.15, 0.2) is 5.13 Å². The smallest absolute Gasteiger partial charge is 0.261 e. The first-order valence-corrected chi connectivity index (χ1v) is 9.29. The summed E-state index contributed by atoms with van der Waals surface area (Å²) in [6.07, 6.45) is 1.71. The summed E-state index contributed by atoms with van der Waals surface area (Å²) in [5.74, 6) is 0.488. The first-order valence-electron chi connectivity index (χ1n) is 8.41. The monoisotopic (exact) mass is 366 g/mol. The Bertz CT molecular complexity index is 891. The van der Waals surface area contributed by atoms with Crippen LogP contribution in [0, 0.1) is 0 Å². The molecule has 2 aromatic heterocycles. The SMILES string of the molecule is O=C(Nc1nc(-c2ccccc2)cs1)c1cccnc1N1CCOCC1. The molecule has 3 aromatic rings. The van der Waals surface area contributed by atoms with Crippen LogP contribution >= 0.6 is 11.3 Å². The van der Waals surface area contributed by atoms with Gasteiger partial charge in [-0.3, -0.25) is 10.1 Å². The van der Waals surface area contributed by atoms with E-state index in [0.717, 1.165) is 24.3 Å². The molecule has 1 fully saturated rings. The Balaban J connectivity index is 1.53. The number of carbonyl (C=O) groups excluding carboxylic acids is 1. The molecule has 0 bridgehead atoms. The molecule has 0 saturated carbocycles. The van der Waals surface area contributed by atoms with Gasteiger partial charge in [-0.15, -0.1) is 11.3 Å². The van der Waals surface area contributed by atoms with Crippen LogP contribution in [-0.4, -0.2) is 42.2 Å². The summed E-state index contributed by atoms with van der Waals surface area (Å²) in [4.78, 5) is 23.8. The number of aromatic nitrogens is 2. The summed E-state index contributed by atoms with van der Waals surface area (Å²) >= 11 is 1.41. The van der Waals surface area contributed by atoms with Crippen LogP contribution in [0.15, 0.2) is 54.0 Å². The third kappa shape index (κ3) is 3.58. The zero-order valence-electron chi connectivity index (χ0n) is 14.1. The molecule has 3 heterocycles. The number of thiazole rings is 1. The number of amides is 1. The lowest BCUT2D eigenvalue weighted by atomic mass is 10.2. The van der Waals surface area contributed by atoms with Gasteiger partial charge in [-0.1, -0.05) is 30.3 Å². The molecule has 1 aliphatic rings. The lowest BCUT2D eigenvalue weighted by Gasteiger charge is -2.29. The normalized spacial score (nSPS) is 14.2. The summed E-state index contributed by atoms with van der Waals surface area (Å²) in [6, 6.07) is 13.5.